The first-order valence-electron chi connectivity index (χ1n) is 7.80. The molecule has 2 N–H and O–H groups in total. The molecule has 10 heteroatoms. The fourth-order valence-electron chi connectivity index (χ4n) is 2.29. The second kappa shape index (κ2) is 6.71. The summed E-state index contributed by atoms with van der Waals surface area (Å²) in [6.07, 6.45) is 4.34. The molecule has 0 bridgehead atoms. The normalized spacial score (nSPS) is 11.6. The van der Waals surface area contributed by atoms with Crippen molar-refractivity contribution in [3.8, 4) is 0 Å². The van der Waals surface area contributed by atoms with Crippen molar-refractivity contribution in [3.05, 3.63) is 40.5 Å². The van der Waals surface area contributed by atoms with Gasteiger partial charge < -0.3 is 10.4 Å². The molecule has 3 aromatic rings. The molecule has 1 amide bonds. The number of thiophene rings is 1. The lowest BCUT2D eigenvalue weighted by atomic mass is 10.1. The van der Waals surface area contributed by atoms with Crippen molar-refractivity contribution >= 4 is 39.1 Å². The van der Waals surface area contributed by atoms with Crippen LogP contribution in [0.1, 0.15) is 20.3 Å². The van der Waals surface area contributed by atoms with Crippen molar-refractivity contribution < 1.29 is 14.7 Å². The second-order valence-corrected chi connectivity index (χ2v) is 7.11. The molecule has 3 rings (SSSR count). The van der Waals surface area contributed by atoms with Gasteiger partial charge in [-0.1, -0.05) is 0 Å². The molecule has 26 heavy (non-hydrogen) atoms. The van der Waals surface area contributed by atoms with E-state index in [1.807, 2.05) is 0 Å². The Morgan fingerprint density at radius 2 is 2.15 bits per heavy atom. The minimum absolute atomic E-state index is 0.0741. The maximum Gasteiger partial charge on any atom is 0.331 e. The zero-order chi connectivity index (χ0) is 18.9. The van der Waals surface area contributed by atoms with E-state index in [2.05, 4.69) is 15.4 Å². The van der Waals surface area contributed by atoms with Crippen LogP contribution in [-0.2, 0) is 21.7 Å². The lowest BCUT2D eigenvalue weighted by Crippen LogP contribution is -2.35. The summed E-state index contributed by atoms with van der Waals surface area (Å²) in [5.74, 6) is -1.34. The smallest absolute Gasteiger partial charge is 0.331 e. The highest BCUT2D eigenvalue weighted by molar-refractivity contribution is 7.16. The van der Waals surface area contributed by atoms with Crippen LogP contribution in [0.3, 0.4) is 0 Å². The van der Waals surface area contributed by atoms with Gasteiger partial charge in [0.2, 0.25) is 5.91 Å². The first-order valence-corrected chi connectivity index (χ1v) is 8.68. The van der Waals surface area contributed by atoms with Crippen LogP contribution in [0, 0.1) is 0 Å². The maximum absolute atomic E-state index is 12.3. The highest BCUT2D eigenvalue weighted by Crippen LogP contribution is 2.17. The summed E-state index contributed by atoms with van der Waals surface area (Å²) in [6.45, 7) is 3.21. The van der Waals surface area contributed by atoms with Crippen LogP contribution in [0.15, 0.2) is 35.0 Å². The largest absolute Gasteiger partial charge is 0.479 e. The van der Waals surface area contributed by atoms with E-state index in [0.29, 0.717) is 15.9 Å². The lowest BCUT2D eigenvalue weighted by molar-refractivity contribution is -0.146. The van der Waals surface area contributed by atoms with E-state index in [1.165, 1.54) is 53.2 Å². The van der Waals surface area contributed by atoms with Crippen LogP contribution < -0.4 is 10.9 Å². The standard InChI is InChI=1S/C16H17N5O4S/c1-16(2,15(24)25)21-8-10(7-18-21)19-12(22)3-5-20-9-17-13-11(14(20)23)4-6-26-13/h4,6-9H,3,5H2,1-2H3,(H,19,22)(H,24,25). The van der Waals surface area contributed by atoms with E-state index < -0.39 is 11.5 Å². The van der Waals surface area contributed by atoms with E-state index in [-0.39, 0.29) is 24.4 Å². The predicted octanol–water partition coefficient (Wildman–Crippen LogP) is 1.50. The number of amides is 1. The molecule has 3 heterocycles. The first-order chi connectivity index (χ1) is 12.3. The van der Waals surface area contributed by atoms with Crippen LogP contribution in [0.2, 0.25) is 0 Å². The molecule has 0 radical (unpaired) electrons. The third-order valence-corrected chi connectivity index (χ3v) is 4.81. The number of fused-ring (bicyclic) bond motifs is 1. The van der Waals surface area contributed by atoms with Gasteiger partial charge in [-0.2, -0.15) is 5.10 Å². The zero-order valence-electron chi connectivity index (χ0n) is 14.2. The van der Waals surface area contributed by atoms with E-state index in [1.54, 1.807) is 11.4 Å². The van der Waals surface area contributed by atoms with E-state index in [9.17, 15) is 19.5 Å². The number of aliphatic carboxylic acids is 1. The lowest BCUT2D eigenvalue weighted by Gasteiger charge is -2.19. The Labute approximate surface area is 151 Å². The average molecular weight is 375 g/mol. The van der Waals surface area contributed by atoms with Crippen molar-refractivity contribution in [1.82, 2.24) is 19.3 Å². The van der Waals surface area contributed by atoms with Gasteiger partial charge >= 0.3 is 5.97 Å². The van der Waals surface area contributed by atoms with Gasteiger partial charge in [-0.25, -0.2) is 9.78 Å². The Morgan fingerprint density at radius 3 is 2.88 bits per heavy atom. The molecule has 0 saturated carbocycles. The Balaban J connectivity index is 1.64. The summed E-state index contributed by atoms with van der Waals surface area (Å²) >= 11 is 1.39. The van der Waals surface area contributed by atoms with Crippen molar-refractivity contribution in [2.45, 2.75) is 32.4 Å². The molecule has 136 valence electrons. The Morgan fingerprint density at radius 1 is 1.38 bits per heavy atom. The number of carbonyl (C=O) groups is 2. The molecule has 0 aromatic carbocycles. The summed E-state index contributed by atoms with van der Waals surface area (Å²) < 4.78 is 2.66. The summed E-state index contributed by atoms with van der Waals surface area (Å²) in [4.78, 5) is 40.5. The van der Waals surface area contributed by atoms with Crippen LogP contribution in [0.25, 0.3) is 10.2 Å². The molecular formula is C16H17N5O4S. The topological polar surface area (TPSA) is 119 Å². The van der Waals surface area contributed by atoms with Crippen molar-refractivity contribution in [2.24, 2.45) is 0 Å². The van der Waals surface area contributed by atoms with Gasteiger partial charge in [0.05, 0.1) is 23.6 Å². The predicted molar refractivity (Wildman–Crippen MR) is 96.3 cm³/mol. The quantitative estimate of drug-likeness (QED) is 0.674. The minimum Gasteiger partial charge on any atom is -0.479 e. The summed E-state index contributed by atoms with van der Waals surface area (Å²) in [6, 6.07) is 1.71. The van der Waals surface area contributed by atoms with Gasteiger partial charge in [-0.05, 0) is 25.3 Å². The van der Waals surface area contributed by atoms with Gasteiger partial charge in [0, 0.05) is 19.2 Å². The number of carboxylic acid groups (broad SMARTS) is 1. The highest BCUT2D eigenvalue weighted by Gasteiger charge is 2.30. The van der Waals surface area contributed by atoms with Crippen molar-refractivity contribution in [3.63, 3.8) is 0 Å². The number of carboxylic acids is 1. The first kappa shape index (κ1) is 17.8. The summed E-state index contributed by atoms with van der Waals surface area (Å²) in [7, 11) is 0. The van der Waals surface area contributed by atoms with E-state index >= 15 is 0 Å². The van der Waals surface area contributed by atoms with E-state index in [0.717, 1.165) is 0 Å². The van der Waals surface area contributed by atoms with Crippen LogP contribution >= 0.6 is 11.3 Å². The molecule has 0 atom stereocenters. The number of nitrogens with one attached hydrogen (secondary N) is 1. The zero-order valence-corrected chi connectivity index (χ0v) is 15.0. The monoisotopic (exact) mass is 375 g/mol. The number of hydrogen-bond donors (Lipinski definition) is 2. The fraction of sp³-hybridized carbons (Fsp3) is 0.312. The van der Waals surface area contributed by atoms with Gasteiger partial charge in [0.25, 0.3) is 5.56 Å². The number of carbonyl (C=O) groups excluding carboxylic acids is 1. The number of aromatic nitrogens is 4. The number of hydrogen-bond acceptors (Lipinski definition) is 6. The maximum atomic E-state index is 12.3. The van der Waals surface area contributed by atoms with Crippen molar-refractivity contribution in [1.29, 1.82) is 0 Å². The van der Waals surface area contributed by atoms with Gasteiger partial charge in [0.15, 0.2) is 5.54 Å². The second-order valence-electron chi connectivity index (χ2n) is 6.22. The molecular weight excluding hydrogens is 358 g/mol. The number of rotatable bonds is 6. The third-order valence-electron chi connectivity index (χ3n) is 3.99. The Bertz CT molecular complexity index is 1030. The highest BCUT2D eigenvalue weighted by atomic mass is 32.1. The van der Waals surface area contributed by atoms with Gasteiger partial charge in [-0.15, -0.1) is 11.3 Å². The third kappa shape index (κ3) is 3.36. The van der Waals surface area contributed by atoms with Crippen LogP contribution in [0.4, 0.5) is 5.69 Å². The minimum atomic E-state index is -1.22. The summed E-state index contributed by atoms with van der Waals surface area (Å²) in [5, 5.41) is 18.2. The number of aryl methyl sites for hydroxylation is 1. The van der Waals surface area contributed by atoms with Gasteiger partial charge in [0.1, 0.15) is 4.83 Å². The Kier molecular flexibility index (Phi) is 4.60. The van der Waals surface area contributed by atoms with Gasteiger partial charge in [-0.3, -0.25) is 18.8 Å². The Hall–Kier alpha value is -3.01. The molecule has 0 unspecified atom stereocenters. The molecule has 9 nitrogen and oxygen atoms in total. The molecule has 0 aliphatic heterocycles. The fourth-order valence-corrected chi connectivity index (χ4v) is 3.01. The van der Waals surface area contributed by atoms with Crippen LogP contribution in [-0.4, -0.2) is 36.3 Å². The average Bonchev–Trinajstić information content (AvgIpc) is 3.23. The number of nitrogens with zero attached hydrogens (tertiary/aromatic N) is 4. The van der Waals surface area contributed by atoms with Crippen LogP contribution in [0.5, 0.6) is 0 Å². The molecule has 0 fully saturated rings. The molecule has 0 aliphatic carbocycles. The molecule has 0 saturated heterocycles. The molecule has 0 spiro atoms. The van der Waals surface area contributed by atoms with E-state index in [4.69, 9.17) is 0 Å². The summed E-state index contributed by atoms with van der Waals surface area (Å²) in [5.41, 5.74) is -1.01. The van der Waals surface area contributed by atoms with Crippen molar-refractivity contribution in [2.75, 3.05) is 5.32 Å². The number of anilines is 1. The molecule has 3 aromatic heterocycles. The SMILES string of the molecule is CC(C)(C(=O)O)n1cc(NC(=O)CCn2cnc3sccc3c2=O)cn1. The molecule has 0 aliphatic rings.